The summed E-state index contributed by atoms with van der Waals surface area (Å²) in [5.74, 6) is -1.74. The number of nitrogens with zero attached hydrogens (tertiary/aromatic N) is 7. The molecule has 1 aliphatic heterocycles. The molecule has 0 aliphatic carbocycles. The number of amides is 1. The largest absolute Gasteiger partial charge is 0.478 e. The Morgan fingerprint density at radius 1 is 1.26 bits per heavy atom. The third-order valence-corrected chi connectivity index (χ3v) is 4.78. The molecule has 1 fully saturated rings. The molecule has 1 amide bonds. The van der Waals surface area contributed by atoms with E-state index < -0.39 is 11.9 Å². The second-order valence-corrected chi connectivity index (χ2v) is 6.84. The van der Waals surface area contributed by atoms with Crippen molar-refractivity contribution in [3.63, 3.8) is 0 Å². The molecule has 0 bridgehead atoms. The van der Waals surface area contributed by atoms with Gasteiger partial charge in [0.15, 0.2) is 5.69 Å². The molecule has 3 heterocycles. The number of carboxylic acid groups (broad SMARTS) is 1. The molecule has 13 nitrogen and oxygen atoms in total. The quantitative estimate of drug-likeness (QED) is 0.352. The summed E-state index contributed by atoms with van der Waals surface area (Å²) >= 11 is 0. The molecule has 1 aliphatic rings. The molecular formula is C18H19N9O4. The third kappa shape index (κ3) is 4.25. The van der Waals surface area contributed by atoms with E-state index in [1.54, 1.807) is 18.2 Å². The first-order chi connectivity index (χ1) is 15.0. The van der Waals surface area contributed by atoms with Gasteiger partial charge in [-0.1, -0.05) is 23.4 Å². The van der Waals surface area contributed by atoms with Crippen molar-refractivity contribution in [3.8, 4) is 5.82 Å². The van der Waals surface area contributed by atoms with Gasteiger partial charge in [-0.25, -0.2) is 14.8 Å². The van der Waals surface area contributed by atoms with E-state index in [9.17, 15) is 14.7 Å². The maximum absolute atomic E-state index is 13.0. The van der Waals surface area contributed by atoms with Gasteiger partial charge in [0.2, 0.25) is 11.6 Å². The molecule has 2 aromatic heterocycles. The van der Waals surface area contributed by atoms with Crippen molar-refractivity contribution >= 4 is 23.9 Å². The van der Waals surface area contributed by atoms with Crippen LogP contribution in [0.15, 0.2) is 34.0 Å². The highest BCUT2D eigenvalue weighted by Crippen LogP contribution is 2.19. The van der Waals surface area contributed by atoms with Gasteiger partial charge in [-0.3, -0.25) is 9.69 Å². The van der Waals surface area contributed by atoms with Gasteiger partial charge in [0.1, 0.15) is 5.69 Å². The zero-order valence-corrected chi connectivity index (χ0v) is 16.3. The van der Waals surface area contributed by atoms with Crippen LogP contribution in [0.3, 0.4) is 0 Å². The first kappa shape index (κ1) is 20.2. The van der Waals surface area contributed by atoms with E-state index in [0.717, 1.165) is 30.6 Å². The standard InChI is InChI=1S/C18H19N9O4/c19-15-16(24-31-23-15)27-14(13(21-25-27)10-26-7-3-4-8-26)17(28)22-20-9-11-5-1-2-6-12(11)18(29)30/h1-2,5-6,9H,3-4,7-8,10H2,(H2,19,23)(H,22,28)(H,29,30). The van der Waals surface area contributed by atoms with E-state index in [-0.39, 0.29) is 22.9 Å². The molecule has 1 aromatic carbocycles. The lowest BCUT2D eigenvalue weighted by atomic mass is 10.1. The summed E-state index contributed by atoms with van der Waals surface area (Å²) in [7, 11) is 0. The molecular weight excluding hydrogens is 406 g/mol. The molecule has 13 heteroatoms. The van der Waals surface area contributed by atoms with Crippen LogP contribution < -0.4 is 11.2 Å². The Kier molecular flexibility index (Phi) is 5.66. The Morgan fingerprint density at radius 3 is 2.74 bits per heavy atom. The average Bonchev–Trinajstić information content (AvgIpc) is 3.50. The van der Waals surface area contributed by atoms with Gasteiger partial charge < -0.3 is 10.8 Å². The number of benzene rings is 1. The average molecular weight is 425 g/mol. The Bertz CT molecular complexity index is 1130. The third-order valence-electron chi connectivity index (χ3n) is 4.78. The van der Waals surface area contributed by atoms with Crippen molar-refractivity contribution in [2.45, 2.75) is 19.4 Å². The normalized spacial score (nSPS) is 14.3. The van der Waals surface area contributed by atoms with Crippen LogP contribution in [0.2, 0.25) is 0 Å². The van der Waals surface area contributed by atoms with Crippen molar-refractivity contribution in [1.82, 2.24) is 35.6 Å². The molecule has 0 radical (unpaired) electrons. The number of hydrogen-bond acceptors (Lipinski definition) is 10. The summed E-state index contributed by atoms with van der Waals surface area (Å²) in [6.45, 7) is 2.21. The summed E-state index contributed by atoms with van der Waals surface area (Å²) in [6, 6.07) is 6.29. The van der Waals surface area contributed by atoms with Crippen LogP contribution in [-0.2, 0) is 6.54 Å². The lowest BCUT2D eigenvalue weighted by Crippen LogP contribution is -2.26. The lowest BCUT2D eigenvalue weighted by Gasteiger charge is -2.13. The number of hydrogen-bond donors (Lipinski definition) is 3. The van der Waals surface area contributed by atoms with Crippen molar-refractivity contribution in [1.29, 1.82) is 0 Å². The number of nitrogen functional groups attached to an aromatic ring is 1. The number of carboxylic acids is 1. The zero-order chi connectivity index (χ0) is 21.8. The number of carbonyl (C=O) groups is 2. The van der Waals surface area contributed by atoms with E-state index >= 15 is 0 Å². The molecule has 4 N–H and O–H groups in total. The number of nitrogens with one attached hydrogen (secondary N) is 1. The monoisotopic (exact) mass is 425 g/mol. The maximum atomic E-state index is 13.0. The smallest absolute Gasteiger partial charge is 0.336 e. The van der Waals surface area contributed by atoms with Crippen LogP contribution in [-0.4, -0.2) is 66.5 Å². The first-order valence-corrected chi connectivity index (χ1v) is 9.45. The van der Waals surface area contributed by atoms with E-state index in [4.69, 9.17) is 5.73 Å². The van der Waals surface area contributed by atoms with E-state index in [0.29, 0.717) is 17.8 Å². The second kappa shape index (κ2) is 8.71. The summed E-state index contributed by atoms with van der Waals surface area (Å²) in [4.78, 5) is 26.4. The number of aromatic nitrogens is 5. The lowest BCUT2D eigenvalue weighted by molar-refractivity contribution is 0.0696. The van der Waals surface area contributed by atoms with Crippen LogP contribution in [0.5, 0.6) is 0 Å². The molecule has 0 saturated carbocycles. The van der Waals surface area contributed by atoms with Crippen LogP contribution in [0.4, 0.5) is 5.82 Å². The van der Waals surface area contributed by atoms with Gasteiger partial charge in [-0.15, -0.1) is 5.10 Å². The Hall–Kier alpha value is -4.13. The zero-order valence-electron chi connectivity index (χ0n) is 16.3. The van der Waals surface area contributed by atoms with Crippen molar-refractivity contribution in [3.05, 3.63) is 46.8 Å². The van der Waals surface area contributed by atoms with Gasteiger partial charge in [0.05, 0.1) is 11.8 Å². The fourth-order valence-corrected chi connectivity index (χ4v) is 3.30. The van der Waals surface area contributed by atoms with Crippen LogP contribution >= 0.6 is 0 Å². The van der Waals surface area contributed by atoms with Crippen LogP contribution in [0.1, 0.15) is 44.9 Å². The fourth-order valence-electron chi connectivity index (χ4n) is 3.30. The topological polar surface area (TPSA) is 178 Å². The Balaban J connectivity index is 1.61. The predicted molar refractivity (Wildman–Crippen MR) is 107 cm³/mol. The number of hydrazone groups is 1. The first-order valence-electron chi connectivity index (χ1n) is 9.45. The van der Waals surface area contributed by atoms with Gasteiger partial charge in [0.25, 0.3) is 5.91 Å². The summed E-state index contributed by atoms with van der Waals surface area (Å²) in [5, 5.41) is 28.5. The Labute approximate surface area is 175 Å². The Morgan fingerprint density at radius 2 is 2.03 bits per heavy atom. The van der Waals surface area contributed by atoms with Gasteiger partial charge in [-0.2, -0.15) is 9.78 Å². The number of aromatic carboxylic acids is 1. The summed E-state index contributed by atoms with van der Waals surface area (Å²) in [5.41, 5.74) is 9.03. The molecule has 1 saturated heterocycles. The maximum Gasteiger partial charge on any atom is 0.336 e. The molecule has 0 atom stereocenters. The molecule has 3 aromatic rings. The van der Waals surface area contributed by atoms with Crippen LogP contribution in [0, 0.1) is 0 Å². The minimum absolute atomic E-state index is 0.0329. The molecule has 0 spiro atoms. The summed E-state index contributed by atoms with van der Waals surface area (Å²) < 4.78 is 5.76. The van der Waals surface area contributed by atoms with Gasteiger partial charge >= 0.3 is 5.97 Å². The number of nitrogens with two attached hydrogens (primary N) is 1. The van der Waals surface area contributed by atoms with Gasteiger partial charge in [0, 0.05) is 12.1 Å². The fraction of sp³-hybridized carbons (Fsp3) is 0.278. The molecule has 4 rings (SSSR count). The summed E-state index contributed by atoms with van der Waals surface area (Å²) in [6.07, 6.45) is 3.40. The second-order valence-electron chi connectivity index (χ2n) is 6.84. The van der Waals surface area contributed by atoms with E-state index in [1.807, 2.05) is 0 Å². The van der Waals surface area contributed by atoms with Crippen LogP contribution in [0.25, 0.3) is 5.82 Å². The van der Waals surface area contributed by atoms with Crippen molar-refractivity contribution < 1.29 is 19.3 Å². The van der Waals surface area contributed by atoms with Gasteiger partial charge in [-0.05, 0) is 42.3 Å². The molecule has 160 valence electrons. The number of anilines is 1. The number of likely N-dealkylation sites (tertiary alicyclic amines) is 1. The highest BCUT2D eigenvalue weighted by Gasteiger charge is 2.26. The molecule has 31 heavy (non-hydrogen) atoms. The highest BCUT2D eigenvalue weighted by atomic mass is 16.6. The number of rotatable bonds is 7. The minimum atomic E-state index is -1.10. The number of carbonyl (C=O) groups excluding carboxylic acids is 1. The van der Waals surface area contributed by atoms with Crippen molar-refractivity contribution in [2.75, 3.05) is 18.8 Å². The highest BCUT2D eigenvalue weighted by molar-refractivity contribution is 5.99. The molecule has 0 unspecified atom stereocenters. The van der Waals surface area contributed by atoms with Crippen molar-refractivity contribution in [2.24, 2.45) is 5.10 Å². The van der Waals surface area contributed by atoms with E-state index in [1.165, 1.54) is 12.3 Å². The predicted octanol–water partition coefficient (Wildman–Crippen LogP) is 0.290. The SMILES string of the molecule is Nc1nonc1-n1nnc(CN2CCCC2)c1C(=O)NN=Cc1ccccc1C(=O)O. The minimum Gasteiger partial charge on any atom is -0.478 e. The van der Waals surface area contributed by atoms with E-state index in [2.05, 4.69) is 40.7 Å².